The van der Waals surface area contributed by atoms with Gasteiger partial charge in [0.1, 0.15) is 16.9 Å². The molecule has 0 atom stereocenters. The summed E-state index contributed by atoms with van der Waals surface area (Å²) in [6.07, 6.45) is 1.30. The van der Waals surface area contributed by atoms with Crippen LogP contribution in [0.15, 0.2) is 193 Å². The van der Waals surface area contributed by atoms with Crippen LogP contribution in [0.2, 0.25) is 0 Å². The Morgan fingerprint density at radius 1 is 0.557 bits per heavy atom. The maximum Gasteiger partial charge on any atom is 0.148 e. The molecule has 0 aliphatic rings. The minimum atomic E-state index is -2.18. The van der Waals surface area contributed by atoms with E-state index in [4.69, 9.17) is 22.6 Å². The molecule has 0 saturated heterocycles. The molecule has 0 fully saturated rings. The van der Waals surface area contributed by atoms with E-state index in [2.05, 4.69) is 187 Å². The van der Waals surface area contributed by atoms with Crippen LogP contribution >= 0.6 is 0 Å². The third-order valence-electron chi connectivity index (χ3n) is 12.7. The smallest absolute Gasteiger partial charge is 0.148 e. The first-order valence-corrected chi connectivity index (χ1v) is 23.2. The molecule has 4 heterocycles. The second kappa shape index (κ2) is 19.4. The summed E-state index contributed by atoms with van der Waals surface area (Å²) < 4.78 is 55.3. The minimum Gasteiger partial charge on any atom is -0.498 e. The van der Waals surface area contributed by atoms with E-state index in [1.165, 1.54) is 52.3 Å². The molecule has 12 rings (SSSR count). The van der Waals surface area contributed by atoms with Crippen LogP contribution in [0.3, 0.4) is 0 Å². The van der Waals surface area contributed by atoms with Crippen molar-refractivity contribution in [2.24, 2.45) is 0 Å². The van der Waals surface area contributed by atoms with Crippen molar-refractivity contribution in [3.8, 4) is 56.5 Å². The number of fused-ring (bicyclic) bond motifs is 6. The summed E-state index contributed by atoms with van der Waals surface area (Å²) in [6.45, 7) is 4.80. The van der Waals surface area contributed by atoms with Crippen LogP contribution in [0, 0.1) is 25.8 Å². The molecule has 0 N–H and O–H groups in total. The average Bonchev–Trinajstić information content (AvgIpc) is 4.23. The number of pyridine rings is 1. The van der Waals surface area contributed by atoms with Crippen molar-refractivity contribution in [3.63, 3.8) is 0 Å². The summed E-state index contributed by atoms with van der Waals surface area (Å²) in [5, 5.41) is 2.02. The van der Waals surface area contributed by atoms with Crippen molar-refractivity contribution in [2.45, 2.75) is 53.2 Å². The number of aromatic nitrogens is 5. The topological polar surface area (TPSA) is 61.7 Å². The molecule has 7 heteroatoms. The van der Waals surface area contributed by atoms with Crippen molar-refractivity contribution in [1.29, 1.82) is 0 Å². The van der Waals surface area contributed by atoms with Gasteiger partial charge < -0.3 is 14.0 Å². The first-order valence-electron chi connectivity index (χ1n) is 26.2. The Morgan fingerprint density at radius 3 is 1.87 bits per heavy atom. The van der Waals surface area contributed by atoms with Gasteiger partial charge in [-0.2, -0.15) is 0 Å². The minimum absolute atomic E-state index is 0. The van der Waals surface area contributed by atoms with Crippen molar-refractivity contribution in [3.05, 3.63) is 223 Å². The predicted molar refractivity (Wildman–Crippen MR) is 284 cm³/mol. The number of furan rings is 1. The molecular weight excluding hydrogens is 1030 g/mol. The maximum absolute atomic E-state index is 7.28. The molecule has 8 aromatic carbocycles. The van der Waals surface area contributed by atoms with Crippen LogP contribution in [-0.2, 0) is 20.1 Å². The van der Waals surface area contributed by atoms with Gasteiger partial charge in [0.25, 0.3) is 0 Å². The molecule has 345 valence electrons. The number of hydrogen-bond donors (Lipinski definition) is 0. The molecule has 0 aliphatic carbocycles. The van der Waals surface area contributed by atoms with Crippen LogP contribution < -0.4 is 0 Å². The van der Waals surface area contributed by atoms with Crippen molar-refractivity contribution in [2.75, 3.05) is 0 Å². The molecule has 0 spiro atoms. The molecule has 0 unspecified atom stereocenters. The van der Waals surface area contributed by atoms with Gasteiger partial charge in [0.05, 0.1) is 28.0 Å². The summed E-state index contributed by atoms with van der Waals surface area (Å²) in [4.78, 5) is 14.8. The standard InChI is InChI=1S/C50H39N4O.C13H12N.Ir/c1-31(2)40-29-35(33-17-8-5-9-18-33)30-41(32(3)4)46(40)54-43-26-15-14-25-42(43)51-50(54)39-24-16-23-37-38-27-28-44-45(48(38)55-47(37)39)52-49(34-19-10-6-11-20-34)53(44)36-21-12-7-13-22-36;1-10-3-6-12(7-4-10)13-8-5-11(2)9-14-13;/h5-23,25-32H,1-4H3;3-6,8-9H,1-2H3;/q2*-1;/i;1D3,2D3;. The summed E-state index contributed by atoms with van der Waals surface area (Å²) in [5.41, 5.74) is 15.9. The van der Waals surface area contributed by atoms with Gasteiger partial charge in [0.15, 0.2) is 0 Å². The zero-order chi connectivity index (χ0) is 52.2. The van der Waals surface area contributed by atoms with Crippen molar-refractivity contribution in [1.82, 2.24) is 24.1 Å². The van der Waals surface area contributed by atoms with E-state index in [0.717, 1.165) is 72.5 Å². The van der Waals surface area contributed by atoms with E-state index >= 15 is 0 Å². The van der Waals surface area contributed by atoms with E-state index in [9.17, 15) is 0 Å². The summed E-state index contributed by atoms with van der Waals surface area (Å²) in [6, 6.07) is 67.1. The van der Waals surface area contributed by atoms with Crippen LogP contribution in [0.5, 0.6) is 0 Å². The molecule has 0 saturated carbocycles. The van der Waals surface area contributed by atoms with Crippen LogP contribution in [0.25, 0.3) is 101 Å². The quantitative estimate of drug-likeness (QED) is 0.142. The SMILES string of the molecule is CC(C)c1cc(-c2ccccc2)cc(C(C)C)c1-n1c(-c2[c-]ccc3c2oc2c3ccc3c2nc(-c2ccccc2)n3-c2ccccc2)nc2ccccc21.[2H]C([2H])([2H])c1c[c-]c(-c2ccc(C([2H])([2H])[2H])cn2)cc1.[Ir]. The Kier molecular flexibility index (Phi) is 10.8. The number of rotatable bonds is 8. The first kappa shape index (κ1) is 39.2. The molecular formula is C63H51IrN5O-2. The fourth-order valence-corrected chi connectivity index (χ4v) is 9.30. The summed E-state index contributed by atoms with van der Waals surface area (Å²) in [7, 11) is 0. The predicted octanol–water partition coefficient (Wildman–Crippen LogP) is 16.5. The molecule has 0 aliphatic heterocycles. The van der Waals surface area contributed by atoms with Gasteiger partial charge in [-0.25, -0.2) is 4.98 Å². The third-order valence-corrected chi connectivity index (χ3v) is 12.7. The molecule has 0 bridgehead atoms. The van der Waals surface area contributed by atoms with Gasteiger partial charge in [-0.05, 0) is 101 Å². The number of imidazole rings is 2. The number of nitrogens with zero attached hydrogens (tertiary/aromatic N) is 5. The molecule has 6 nitrogen and oxygen atoms in total. The fourth-order valence-electron chi connectivity index (χ4n) is 9.30. The number of hydrogen-bond acceptors (Lipinski definition) is 4. The van der Waals surface area contributed by atoms with Crippen molar-refractivity contribution < 1.29 is 32.7 Å². The number of benzene rings is 8. The van der Waals surface area contributed by atoms with Crippen LogP contribution in [0.1, 0.15) is 70.0 Å². The number of para-hydroxylation sites is 3. The zero-order valence-electron chi connectivity index (χ0n) is 45.0. The Bertz CT molecular complexity index is 3930. The first-order chi connectivity index (χ1) is 36.1. The van der Waals surface area contributed by atoms with Gasteiger partial charge in [0.2, 0.25) is 0 Å². The van der Waals surface area contributed by atoms with E-state index in [0.29, 0.717) is 11.3 Å². The fraction of sp³-hybridized carbons (Fsp3) is 0.127. The Labute approximate surface area is 431 Å². The van der Waals surface area contributed by atoms with E-state index < -0.39 is 13.7 Å². The summed E-state index contributed by atoms with van der Waals surface area (Å²) >= 11 is 0. The molecule has 70 heavy (non-hydrogen) atoms. The molecule has 1 radical (unpaired) electrons. The van der Waals surface area contributed by atoms with Gasteiger partial charge in [-0.3, -0.25) is 9.55 Å². The Hall–Kier alpha value is -7.70. The van der Waals surface area contributed by atoms with Crippen LogP contribution in [0.4, 0.5) is 0 Å². The summed E-state index contributed by atoms with van der Waals surface area (Å²) in [5.74, 6) is 2.17. The van der Waals surface area contributed by atoms with Crippen molar-refractivity contribution >= 4 is 44.0 Å². The second-order valence-corrected chi connectivity index (χ2v) is 17.8. The van der Waals surface area contributed by atoms with Gasteiger partial charge in [-0.1, -0.05) is 149 Å². The van der Waals surface area contributed by atoms with Gasteiger partial charge in [-0.15, -0.1) is 53.6 Å². The average molecular weight is 1090 g/mol. The zero-order valence-corrected chi connectivity index (χ0v) is 41.4. The second-order valence-electron chi connectivity index (χ2n) is 17.8. The van der Waals surface area contributed by atoms with Crippen LogP contribution in [-0.4, -0.2) is 24.1 Å². The Balaban J connectivity index is 0.000000264. The Morgan fingerprint density at radius 2 is 1.21 bits per heavy atom. The normalized spacial score (nSPS) is 13.1. The molecule has 0 amide bonds. The van der Waals surface area contributed by atoms with E-state index in [1.807, 2.05) is 18.2 Å². The molecule has 12 aromatic rings. The third kappa shape index (κ3) is 8.46. The largest absolute Gasteiger partial charge is 0.498 e. The maximum atomic E-state index is 7.28. The van der Waals surface area contributed by atoms with Gasteiger partial charge >= 0.3 is 0 Å². The number of aryl methyl sites for hydroxylation is 2. The monoisotopic (exact) mass is 1090 g/mol. The molecule has 4 aromatic heterocycles. The van der Waals surface area contributed by atoms with Gasteiger partial charge in [0, 0.05) is 56.9 Å². The van der Waals surface area contributed by atoms with E-state index in [-0.39, 0.29) is 43.1 Å². The van der Waals surface area contributed by atoms with E-state index in [1.54, 1.807) is 12.1 Å².